The highest BCUT2D eigenvalue weighted by molar-refractivity contribution is 5.48. The summed E-state index contributed by atoms with van der Waals surface area (Å²) in [7, 11) is 1.79. The van der Waals surface area contributed by atoms with Crippen molar-refractivity contribution in [3.05, 3.63) is 11.9 Å². The first kappa shape index (κ1) is 16.0. The quantitative estimate of drug-likeness (QED) is 0.873. The van der Waals surface area contributed by atoms with E-state index in [0.29, 0.717) is 12.1 Å². The Kier molecular flexibility index (Phi) is 5.04. The number of nitrogens with zero attached hydrogens (tertiary/aromatic N) is 2. The van der Waals surface area contributed by atoms with Gasteiger partial charge in [0.15, 0.2) is 0 Å². The SMILES string of the molecule is CCNc1cc(NC2CCC(OC)C2)nc(C(C)(C)C)n1. The molecule has 0 spiro atoms. The smallest absolute Gasteiger partial charge is 0.138 e. The van der Waals surface area contributed by atoms with Crippen LogP contribution in [0.2, 0.25) is 0 Å². The largest absolute Gasteiger partial charge is 0.381 e. The summed E-state index contributed by atoms with van der Waals surface area (Å²) in [6.07, 6.45) is 3.66. The van der Waals surface area contributed by atoms with Gasteiger partial charge in [-0.3, -0.25) is 0 Å². The predicted molar refractivity (Wildman–Crippen MR) is 87.0 cm³/mol. The summed E-state index contributed by atoms with van der Waals surface area (Å²) in [5.41, 5.74) is -0.0629. The highest BCUT2D eigenvalue weighted by Gasteiger charge is 2.25. The van der Waals surface area contributed by atoms with Crippen molar-refractivity contribution in [3.8, 4) is 0 Å². The first-order chi connectivity index (χ1) is 9.92. The predicted octanol–water partition coefficient (Wildman–Crippen LogP) is 3.19. The fourth-order valence-corrected chi connectivity index (χ4v) is 2.62. The molecular formula is C16H28N4O. The van der Waals surface area contributed by atoms with Crippen molar-refractivity contribution in [1.29, 1.82) is 0 Å². The Morgan fingerprint density at radius 3 is 2.52 bits per heavy atom. The van der Waals surface area contributed by atoms with Crippen LogP contribution >= 0.6 is 0 Å². The highest BCUT2D eigenvalue weighted by Crippen LogP contribution is 2.27. The van der Waals surface area contributed by atoms with E-state index in [2.05, 4.69) is 43.3 Å². The molecule has 118 valence electrons. The van der Waals surface area contributed by atoms with E-state index in [1.165, 1.54) is 0 Å². The molecule has 2 atom stereocenters. The van der Waals surface area contributed by atoms with E-state index in [-0.39, 0.29) is 5.41 Å². The minimum Gasteiger partial charge on any atom is -0.381 e. The second kappa shape index (κ2) is 6.60. The summed E-state index contributed by atoms with van der Waals surface area (Å²) >= 11 is 0. The van der Waals surface area contributed by atoms with E-state index >= 15 is 0 Å². The maximum atomic E-state index is 5.43. The van der Waals surface area contributed by atoms with Gasteiger partial charge >= 0.3 is 0 Å². The van der Waals surface area contributed by atoms with Gasteiger partial charge in [0, 0.05) is 31.2 Å². The average molecular weight is 292 g/mol. The van der Waals surface area contributed by atoms with Crippen LogP contribution in [0.3, 0.4) is 0 Å². The zero-order chi connectivity index (χ0) is 15.5. The minimum absolute atomic E-state index is 0.0629. The van der Waals surface area contributed by atoms with Crippen molar-refractivity contribution < 1.29 is 4.74 Å². The number of hydrogen-bond acceptors (Lipinski definition) is 5. The van der Waals surface area contributed by atoms with Crippen LogP contribution in [0, 0.1) is 0 Å². The van der Waals surface area contributed by atoms with Crippen molar-refractivity contribution in [3.63, 3.8) is 0 Å². The molecule has 1 aromatic rings. The van der Waals surface area contributed by atoms with Gasteiger partial charge in [-0.1, -0.05) is 20.8 Å². The molecule has 2 unspecified atom stereocenters. The third-order valence-corrected chi connectivity index (χ3v) is 3.82. The normalized spacial score (nSPS) is 22.3. The standard InChI is InChI=1S/C16H28N4O/c1-6-17-13-10-14(20-15(19-13)16(2,3)4)18-11-7-8-12(9-11)21-5/h10-12H,6-9H2,1-5H3,(H2,17,18,19,20). The van der Waals surface area contributed by atoms with E-state index in [1.807, 2.05) is 6.07 Å². The maximum absolute atomic E-state index is 5.43. The van der Waals surface area contributed by atoms with Crippen molar-refractivity contribution in [2.75, 3.05) is 24.3 Å². The molecule has 5 nitrogen and oxygen atoms in total. The molecule has 2 rings (SSSR count). The molecule has 0 radical (unpaired) electrons. The van der Waals surface area contributed by atoms with Gasteiger partial charge in [-0.05, 0) is 26.2 Å². The van der Waals surface area contributed by atoms with Crippen LogP contribution in [0.1, 0.15) is 52.8 Å². The summed E-state index contributed by atoms with van der Waals surface area (Å²) in [5.74, 6) is 2.67. The maximum Gasteiger partial charge on any atom is 0.138 e. The van der Waals surface area contributed by atoms with Crippen LogP contribution in [0.25, 0.3) is 0 Å². The van der Waals surface area contributed by atoms with Crippen LogP contribution in [0.15, 0.2) is 6.07 Å². The van der Waals surface area contributed by atoms with Crippen molar-refractivity contribution in [2.45, 2.75) is 64.5 Å². The van der Waals surface area contributed by atoms with Crippen LogP contribution < -0.4 is 10.6 Å². The van der Waals surface area contributed by atoms with Crippen molar-refractivity contribution in [2.24, 2.45) is 0 Å². The molecule has 1 saturated carbocycles. The molecule has 1 fully saturated rings. The molecule has 2 N–H and O–H groups in total. The Morgan fingerprint density at radius 2 is 1.95 bits per heavy atom. The number of aromatic nitrogens is 2. The van der Waals surface area contributed by atoms with Gasteiger partial charge in [0.25, 0.3) is 0 Å². The first-order valence-electron chi connectivity index (χ1n) is 7.85. The van der Waals surface area contributed by atoms with Crippen LogP contribution in [0.5, 0.6) is 0 Å². The van der Waals surface area contributed by atoms with Gasteiger partial charge in [-0.15, -0.1) is 0 Å². The molecular weight excluding hydrogens is 264 g/mol. The number of ether oxygens (including phenoxy) is 1. The number of anilines is 2. The molecule has 1 heterocycles. The van der Waals surface area contributed by atoms with Crippen molar-refractivity contribution in [1.82, 2.24) is 9.97 Å². The minimum atomic E-state index is -0.0629. The summed E-state index contributed by atoms with van der Waals surface area (Å²) in [5, 5.41) is 6.83. The first-order valence-corrected chi connectivity index (χ1v) is 7.85. The number of rotatable bonds is 5. The van der Waals surface area contributed by atoms with Gasteiger partial charge < -0.3 is 15.4 Å². The van der Waals surface area contributed by atoms with Gasteiger partial charge in [0.05, 0.1) is 6.10 Å². The van der Waals surface area contributed by atoms with Gasteiger partial charge in [-0.25, -0.2) is 9.97 Å². The molecule has 1 aliphatic rings. The Morgan fingerprint density at radius 1 is 1.24 bits per heavy atom. The molecule has 0 amide bonds. The molecule has 0 saturated heterocycles. The lowest BCUT2D eigenvalue weighted by Gasteiger charge is -2.20. The third kappa shape index (κ3) is 4.30. The van der Waals surface area contributed by atoms with Crippen LogP contribution in [0.4, 0.5) is 11.6 Å². The monoisotopic (exact) mass is 292 g/mol. The fourth-order valence-electron chi connectivity index (χ4n) is 2.62. The topological polar surface area (TPSA) is 59.1 Å². The second-order valence-corrected chi connectivity index (χ2v) is 6.75. The van der Waals surface area contributed by atoms with Gasteiger partial charge in [0.1, 0.15) is 17.5 Å². The van der Waals surface area contributed by atoms with Crippen LogP contribution in [-0.2, 0) is 10.2 Å². The summed E-state index contributed by atoms with van der Waals surface area (Å²) in [6.45, 7) is 9.34. The Balaban J connectivity index is 2.16. The number of methoxy groups -OCH3 is 1. The lowest BCUT2D eigenvalue weighted by atomic mass is 9.96. The molecule has 0 aliphatic heterocycles. The van der Waals surface area contributed by atoms with Gasteiger partial charge in [-0.2, -0.15) is 0 Å². The molecule has 1 aliphatic carbocycles. The fraction of sp³-hybridized carbons (Fsp3) is 0.750. The van der Waals surface area contributed by atoms with Crippen molar-refractivity contribution >= 4 is 11.6 Å². The van der Waals surface area contributed by atoms with E-state index in [1.54, 1.807) is 7.11 Å². The molecule has 0 bridgehead atoms. The third-order valence-electron chi connectivity index (χ3n) is 3.82. The second-order valence-electron chi connectivity index (χ2n) is 6.75. The summed E-state index contributed by atoms with van der Waals surface area (Å²) in [6, 6.07) is 2.44. The Hall–Kier alpha value is -1.36. The Bertz CT molecular complexity index is 470. The summed E-state index contributed by atoms with van der Waals surface area (Å²) in [4.78, 5) is 9.31. The zero-order valence-electron chi connectivity index (χ0n) is 13.9. The molecule has 1 aromatic heterocycles. The van der Waals surface area contributed by atoms with E-state index in [0.717, 1.165) is 43.3 Å². The zero-order valence-corrected chi connectivity index (χ0v) is 13.9. The average Bonchev–Trinajstić information content (AvgIpc) is 2.85. The molecule has 21 heavy (non-hydrogen) atoms. The van der Waals surface area contributed by atoms with Crippen LogP contribution in [-0.4, -0.2) is 35.8 Å². The Labute approximate surface area is 127 Å². The molecule has 0 aromatic carbocycles. The van der Waals surface area contributed by atoms with E-state index < -0.39 is 0 Å². The molecule has 5 heteroatoms. The number of nitrogens with one attached hydrogen (secondary N) is 2. The van der Waals surface area contributed by atoms with E-state index in [9.17, 15) is 0 Å². The van der Waals surface area contributed by atoms with E-state index in [4.69, 9.17) is 9.72 Å². The lowest BCUT2D eigenvalue weighted by molar-refractivity contribution is 0.108. The summed E-state index contributed by atoms with van der Waals surface area (Å²) < 4.78 is 5.43. The van der Waals surface area contributed by atoms with Gasteiger partial charge in [0.2, 0.25) is 0 Å². The highest BCUT2D eigenvalue weighted by atomic mass is 16.5. The lowest BCUT2D eigenvalue weighted by Crippen LogP contribution is -2.22. The number of hydrogen-bond donors (Lipinski definition) is 2.